The second-order valence-electron chi connectivity index (χ2n) is 3.92. The van der Waals surface area contributed by atoms with Crippen molar-refractivity contribution in [2.75, 3.05) is 20.1 Å². The van der Waals surface area contributed by atoms with Crippen molar-refractivity contribution in [2.24, 2.45) is 11.7 Å². The Morgan fingerprint density at radius 3 is 2.31 bits per heavy atom. The van der Waals surface area contributed by atoms with Crippen LogP contribution in [0, 0.1) is 5.92 Å². The van der Waals surface area contributed by atoms with Crippen LogP contribution >= 0.6 is 0 Å². The zero-order valence-corrected chi connectivity index (χ0v) is 10.6. The fourth-order valence-corrected chi connectivity index (χ4v) is 1.34. The molecule has 0 bridgehead atoms. The smallest absolute Gasteiger partial charge is 0.244 e. The zero-order chi connectivity index (χ0) is 12.7. The molecule has 0 radical (unpaired) electrons. The van der Waals surface area contributed by atoms with Crippen LogP contribution in [0.15, 0.2) is 0 Å². The predicted molar refractivity (Wildman–Crippen MR) is 63.8 cm³/mol. The lowest BCUT2D eigenvalue weighted by Gasteiger charge is -2.22. The zero-order valence-electron chi connectivity index (χ0n) is 10.6. The molecule has 5 heteroatoms. The molecule has 2 unspecified atom stereocenters. The molecular weight excluding hydrogens is 206 g/mol. The van der Waals surface area contributed by atoms with Gasteiger partial charge in [0.1, 0.15) is 6.04 Å². The Hall–Kier alpha value is -1.10. The summed E-state index contributed by atoms with van der Waals surface area (Å²) < 4.78 is 0. The maximum absolute atomic E-state index is 11.7. The van der Waals surface area contributed by atoms with Gasteiger partial charge < -0.3 is 16.0 Å². The third kappa shape index (κ3) is 4.18. The number of hydrogen-bond acceptors (Lipinski definition) is 3. The van der Waals surface area contributed by atoms with E-state index in [1.807, 2.05) is 13.8 Å². The van der Waals surface area contributed by atoms with Gasteiger partial charge >= 0.3 is 0 Å². The second-order valence-corrected chi connectivity index (χ2v) is 3.92. The van der Waals surface area contributed by atoms with E-state index in [9.17, 15) is 9.59 Å². The van der Waals surface area contributed by atoms with Gasteiger partial charge in [-0.3, -0.25) is 9.59 Å². The molecule has 0 heterocycles. The van der Waals surface area contributed by atoms with E-state index in [0.29, 0.717) is 19.5 Å². The van der Waals surface area contributed by atoms with Gasteiger partial charge in [-0.2, -0.15) is 0 Å². The van der Waals surface area contributed by atoms with E-state index in [4.69, 9.17) is 5.73 Å². The van der Waals surface area contributed by atoms with Crippen LogP contribution in [0.1, 0.15) is 27.2 Å². The molecule has 0 fully saturated rings. The molecule has 94 valence electrons. The summed E-state index contributed by atoms with van der Waals surface area (Å²) in [4.78, 5) is 24.9. The van der Waals surface area contributed by atoms with Crippen molar-refractivity contribution in [1.29, 1.82) is 0 Å². The van der Waals surface area contributed by atoms with Crippen molar-refractivity contribution < 1.29 is 9.59 Å². The molecule has 0 aliphatic heterocycles. The van der Waals surface area contributed by atoms with Crippen molar-refractivity contribution in [2.45, 2.75) is 33.2 Å². The Balaban J connectivity index is 4.28. The first-order chi connectivity index (χ1) is 7.47. The monoisotopic (exact) mass is 229 g/mol. The molecule has 0 rings (SSSR count). The van der Waals surface area contributed by atoms with Crippen LogP contribution in [0.4, 0.5) is 0 Å². The summed E-state index contributed by atoms with van der Waals surface area (Å²) in [5.41, 5.74) is 5.47. The molecular formula is C11H23N3O2. The number of rotatable bonds is 6. The quantitative estimate of drug-likeness (QED) is 0.671. The minimum atomic E-state index is -0.488. The molecule has 0 aromatic rings. The molecule has 2 amide bonds. The van der Waals surface area contributed by atoms with Crippen LogP contribution in [0.2, 0.25) is 0 Å². The van der Waals surface area contributed by atoms with Crippen molar-refractivity contribution in [3.8, 4) is 0 Å². The minimum absolute atomic E-state index is 0.0808. The highest BCUT2D eigenvalue weighted by molar-refractivity contribution is 5.88. The van der Waals surface area contributed by atoms with E-state index in [1.54, 1.807) is 18.9 Å². The molecule has 0 aromatic heterocycles. The van der Waals surface area contributed by atoms with Gasteiger partial charge in [-0.15, -0.1) is 0 Å². The fourth-order valence-electron chi connectivity index (χ4n) is 1.34. The lowest BCUT2D eigenvalue weighted by atomic mass is 10.1. The maximum Gasteiger partial charge on any atom is 0.244 e. The Kier molecular flexibility index (Phi) is 6.72. The Morgan fingerprint density at radius 2 is 1.94 bits per heavy atom. The first kappa shape index (κ1) is 14.9. The molecule has 16 heavy (non-hydrogen) atoms. The van der Waals surface area contributed by atoms with Crippen molar-refractivity contribution in [1.82, 2.24) is 10.2 Å². The molecule has 3 N–H and O–H groups in total. The average Bonchev–Trinajstić information content (AvgIpc) is 2.28. The minimum Gasteiger partial charge on any atom is -0.344 e. The summed E-state index contributed by atoms with van der Waals surface area (Å²) >= 11 is 0. The van der Waals surface area contributed by atoms with Crippen LogP contribution in [-0.4, -0.2) is 42.9 Å². The summed E-state index contributed by atoms with van der Waals surface area (Å²) in [7, 11) is 1.71. The predicted octanol–water partition coefficient (Wildman–Crippen LogP) is -0.0457. The van der Waals surface area contributed by atoms with Crippen molar-refractivity contribution >= 4 is 11.8 Å². The SMILES string of the molecule is CCC(CN)C(=O)NC(C)C(=O)N(C)CC. The standard InChI is InChI=1S/C11H23N3O2/c1-5-9(7-12)10(15)13-8(3)11(16)14(4)6-2/h8-9H,5-7,12H2,1-4H3,(H,13,15). The maximum atomic E-state index is 11.7. The normalized spacial score (nSPS) is 14.1. The van der Waals surface area contributed by atoms with Crippen molar-refractivity contribution in [3.05, 3.63) is 0 Å². The van der Waals surface area contributed by atoms with Crippen LogP contribution in [0.3, 0.4) is 0 Å². The fraction of sp³-hybridized carbons (Fsp3) is 0.818. The van der Waals surface area contributed by atoms with E-state index in [-0.39, 0.29) is 17.7 Å². The molecule has 2 atom stereocenters. The lowest BCUT2D eigenvalue weighted by Crippen LogP contribution is -2.48. The van der Waals surface area contributed by atoms with E-state index in [2.05, 4.69) is 5.32 Å². The Morgan fingerprint density at radius 1 is 1.38 bits per heavy atom. The molecule has 0 saturated heterocycles. The number of nitrogens with one attached hydrogen (secondary N) is 1. The van der Waals surface area contributed by atoms with Gasteiger partial charge in [0.15, 0.2) is 0 Å². The highest BCUT2D eigenvalue weighted by atomic mass is 16.2. The highest BCUT2D eigenvalue weighted by Gasteiger charge is 2.21. The van der Waals surface area contributed by atoms with Gasteiger partial charge in [0, 0.05) is 26.1 Å². The second kappa shape index (κ2) is 7.22. The van der Waals surface area contributed by atoms with Gasteiger partial charge in [-0.25, -0.2) is 0 Å². The van der Waals surface area contributed by atoms with Gasteiger partial charge in [0.05, 0.1) is 0 Å². The van der Waals surface area contributed by atoms with Gasteiger partial charge in [-0.1, -0.05) is 6.92 Å². The van der Waals surface area contributed by atoms with E-state index >= 15 is 0 Å². The molecule has 0 aliphatic rings. The molecule has 5 nitrogen and oxygen atoms in total. The summed E-state index contributed by atoms with van der Waals surface area (Å²) in [6.07, 6.45) is 0.687. The van der Waals surface area contributed by atoms with E-state index < -0.39 is 6.04 Å². The van der Waals surface area contributed by atoms with Crippen LogP contribution < -0.4 is 11.1 Å². The third-order valence-electron chi connectivity index (χ3n) is 2.73. The number of nitrogens with two attached hydrogens (primary N) is 1. The summed E-state index contributed by atoms with van der Waals surface area (Å²) in [5, 5.41) is 2.69. The average molecular weight is 229 g/mol. The number of likely N-dealkylation sites (N-methyl/N-ethyl adjacent to an activating group) is 1. The number of amides is 2. The lowest BCUT2D eigenvalue weighted by molar-refractivity contribution is -0.135. The highest BCUT2D eigenvalue weighted by Crippen LogP contribution is 2.01. The summed E-state index contributed by atoms with van der Waals surface area (Å²) in [6.45, 7) is 6.43. The number of nitrogens with zero attached hydrogens (tertiary/aromatic N) is 1. The summed E-state index contributed by atoms with van der Waals surface area (Å²) in [5.74, 6) is -0.430. The molecule has 0 aliphatic carbocycles. The van der Waals surface area contributed by atoms with Crippen LogP contribution in [0.5, 0.6) is 0 Å². The topological polar surface area (TPSA) is 75.4 Å². The van der Waals surface area contributed by atoms with Gasteiger partial charge in [-0.05, 0) is 20.3 Å². The number of carbonyl (C=O) groups excluding carboxylic acids is 2. The molecule has 0 spiro atoms. The largest absolute Gasteiger partial charge is 0.344 e. The van der Waals surface area contributed by atoms with Crippen LogP contribution in [-0.2, 0) is 9.59 Å². The van der Waals surface area contributed by atoms with Gasteiger partial charge in [0.25, 0.3) is 0 Å². The van der Waals surface area contributed by atoms with Crippen LogP contribution in [0.25, 0.3) is 0 Å². The number of hydrogen-bond donors (Lipinski definition) is 2. The molecule has 0 saturated carbocycles. The van der Waals surface area contributed by atoms with Gasteiger partial charge in [0.2, 0.25) is 11.8 Å². The third-order valence-corrected chi connectivity index (χ3v) is 2.73. The van der Waals surface area contributed by atoms with Crippen molar-refractivity contribution in [3.63, 3.8) is 0 Å². The Labute approximate surface area is 97.4 Å². The summed E-state index contributed by atoms with van der Waals surface area (Å²) in [6, 6.07) is -0.488. The molecule has 0 aromatic carbocycles. The van der Waals surface area contributed by atoms with E-state index in [1.165, 1.54) is 0 Å². The first-order valence-electron chi connectivity index (χ1n) is 5.73. The van der Waals surface area contributed by atoms with E-state index in [0.717, 1.165) is 0 Å². The first-order valence-corrected chi connectivity index (χ1v) is 5.73. The Bertz CT molecular complexity index is 239. The number of carbonyl (C=O) groups is 2.